The van der Waals surface area contributed by atoms with Crippen LogP contribution >= 0.6 is 27.3 Å². The molecule has 7 nitrogen and oxygen atoms in total. The number of nitrogens with zero attached hydrogens (tertiary/aromatic N) is 1. The number of rotatable bonds is 2. The number of hydrogen-bond acceptors (Lipinski definition) is 6. The van der Waals surface area contributed by atoms with Crippen molar-refractivity contribution in [3.8, 4) is 5.75 Å². The maximum atomic E-state index is 12.8. The SMILES string of the molecule is CCOC(=O)N1CCc2c(sc3c2C(=O)NC(c2cc(O)ccc2Br)N3)C1. The van der Waals surface area contributed by atoms with E-state index >= 15 is 0 Å². The van der Waals surface area contributed by atoms with Crippen molar-refractivity contribution in [2.45, 2.75) is 26.1 Å². The number of halogens is 1. The molecule has 0 radical (unpaired) electrons. The highest BCUT2D eigenvalue weighted by atomic mass is 79.9. The van der Waals surface area contributed by atoms with Crippen LogP contribution in [0.2, 0.25) is 0 Å². The van der Waals surface area contributed by atoms with E-state index in [1.54, 1.807) is 30.0 Å². The Hall–Kier alpha value is -2.26. The monoisotopic (exact) mass is 451 g/mol. The van der Waals surface area contributed by atoms with Crippen LogP contribution in [0.3, 0.4) is 0 Å². The summed E-state index contributed by atoms with van der Waals surface area (Å²) in [7, 11) is 0. The second kappa shape index (κ2) is 7.05. The molecule has 0 bridgehead atoms. The first-order chi connectivity index (χ1) is 13.0. The fraction of sp³-hybridized carbons (Fsp3) is 0.333. The highest BCUT2D eigenvalue weighted by molar-refractivity contribution is 9.10. The lowest BCUT2D eigenvalue weighted by molar-refractivity contribution is 0.0934. The first-order valence-corrected chi connectivity index (χ1v) is 10.2. The zero-order chi connectivity index (χ0) is 19.1. The molecule has 1 atom stereocenters. The first kappa shape index (κ1) is 18.1. The Labute approximate surface area is 168 Å². The fourth-order valence-corrected chi connectivity index (χ4v) is 5.16. The maximum absolute atomic E-state index is 12.8. The molecule has 4 rings (SSSR count). The highest BCUT2D eigenvalue weighted by Gasteiger charge is 2.35. The van der Waals surface area contributed by atoms with Crippen molar-refractivity contribution in [2.75, 3.05) is 18.5 Å². The number of carbonyl (C=O) groups is 2. The molecular formula is C18H18BrN3O4S. The lowest BCUT2D eigenvalue weighted by Gasteiger charge is -2.28. The normalized spacial score (nSPS) is 18.2. The zero-order valence-corrected chi connectivity index (χ0v) is 16.9. The molecule has 1 unspecified atom stereocenters. The minimum atomic E-state index is -0.451. The van der Waals surface area contributed by atoms with E-state index in [0.717, 1.165) is 25.5 Å². The van der Waals surface area contributed by atoms with Crippen molar-refractivity contribution in [1.29, 1.82) is 0 Å². The van der Waals surface area contributed by atoms with Crippen molar-refractivity contribution >= 4 is 44.3 Å². The minimum absolute atomic E-state index is 0.130. The smallest absolute Gasteiger partial charge is 0.410 e. The quantitative estimate of drug-likeness (QED) is 0.648. The lowest BCUT2D eigenvalue weighted by Crippen LogP contribution is -2.39. The number of ether oxygens (including phenoxy) is 1. The molecule has 1 aromatic heterocycles. The van der Waals surface area contributed by atoms with Crippen molar-refractivity contribution in [1.82, 2.24) is 10.2 Å². The molecule has 142 valence electrons. The van der Waals surface area contributed by atoms with Gasteiger partial charge >= 0.3 is 6.09 Å². The van der Waals surface area contributed by atoms with Gasteiger partial charge in [-0.05, 0) is 37.1 Å². The third-order valence-electron chi connectivity index (χ3n) is 4.65. The van der Waals surface area contributed by atoms with Crippen LogP contribution in [0.1, 0.15) is 39.5 Å². The third-order valence-corrected chi connectivity index (χ3v) is 6.52. The van der Waals surface area contributed by atoms with E-state index in [9.17, 15) is 14.7 Å². The van der Waals surface area contributed by atoms with E-state index in [-0.39, 0.29) is 17.7 Å². The molecular weight excluding hydrogens is 434 g/mol. The number of carbonyl (C=O) groups excluding carboxylic acids is 2. The summed E-state index contributed by atoms with van der Waals surface area (Å²) < 4.78 is 5.87. The second-order valence-electron chi connectivity index (χ2n) is 6.34. The zero-order valence-electron chi connectivity index (χ0n) is 14.5. The summed E-state index contributed by atoms with van der Waals surface area (Å²) in [4.78, 5) is 27.5. The summed E-state index contributed by atoms with van der Waals surface area (Å²) in [5, 5.41) is 16.9. The summed E-state index contributed by atoms with van der Waals surface area (Å²) >= 11 is 4.95. The number of aromatic hydroxyl groups is 1. The Bertz CT molecular complexity index is 930. The van der Waals surface area contributed by atoms with Crippen LogP contribution in [-0.2, 0) is 17.7 Å². The summed E-state index contributed by atoms with van der Waals surface area (Å²) in [6.07, 6.45) is -0.156. The molecule has 0 fully saturated rings. The Morgan fingerprint density at radius 1 is 1.44 bits per heavy atom. The van der Waals surface area contributed by atoms with Gasteiger partial charge < -0.3 is 25.4 Å². The number of thiophene rings is 1. The van der Waals surface area contributed by atoms with Gasteiger partial charge in [-0.25, -0.2) is 4.79 Å². The minimum Gasteiger partial charge on any atom is -0.508 e. The second-order valence-corrected chi connectivity index (χ2v) is 8.29. The van der Waals surface area contributed by atoms with Gasteiger partial charge in [0.05, 0.1) is 18.7 Å². The molecule has 9 heteroatoms. The number of hydrogen-bond donors (Lipinski definition) is 3. The molecule has 2 amide bonds. The van der Waals surface area contributed by atoms with E-state index in [0.29, 0.717) is 31.7 Å². The van der Waals surface area contributed by atoms with Crippen molar-refractivity contribution in [3.05, 3.63) is 44.2 Å². The summed E-state index contributed by atoms with van der Waals surface area (Å²) in [5.41, 5.74) is 2.40. The number of anilines is 1. The third kappa shape index (κ3) is 3.25. The molecule has 2 aliphatic rings. The van der Waals surface area contributed by atoms with Gasteiger partial charge in [0.15, 0.2) is 0 Å². The predicted octanol–water partition coefficient (Wildman–Crippen LogP) is 3.58. The molecule has 0 spiro atoms. The largest absolute Gasteiger partial charge is 0.508 e. The van der Waals surface area contributed by atoms with Crippen molar-refractivity contribution in [2.24, 2.45) is 0 Å². The van der Waals surface area contributed by atoms with Crippen LogP contribution in [0, 0.1) is 0 Å². The molecule has 0 saturated heterocycles. The van der Waals surface area contributed by atoms with E-state index in [1.807, 2.05) is 0 Å². The van der Waals surface area contributed by atoms with Gasteiger partial charge in [-0.2, -0.15) is 0 Å². The van der Waals surface area contributed by atoms with Gasteiger partial charge in [-0.15, -0.1) is 11.3 Å². The number of amides is 2. The van der Waals surface area contributed by atoms with Crippen LogP contribution in [0.5, 0.6) is 5.75 Å². The van der Waals surface area contributed by atoms with Gasteiger partial charge in [0.25, 0.3) is 5.91 Å². The van der Waals surface area contributed by atoms with Crippen molar-refractivity contribution < 1.29 is 19.4 Å². The molecule has 1 aromatic carbocycles. The van der Waals surface area contributed by atoms with Crippen LogP contribution in [0.25, 0.3) is 0 Å². The number of phenolic OH excluding ortho intramolecular Hbond substituents is 1. The topological polar surface area (TPSA) is 90.9 Å². The van der Waals surface area contributed by atoms with E-state index in [2.05, 4.69) is 26.6 Å². The van der Waals surface area contributed by atoms with Crippen LogP contribution in [-0.4, -0.2) is 35.2 Å². The lowest BCUT2D eigenvalue weighted by atomic mass is 10.0. The molecule has 2 aliphatic heterocycles. The molecule has 0 saturated carbocycles. The summed E-state index contributed by atoms with van der Waals surface area (Å²) in [6, 6.07) is 4.94. The molecule has 3 N–H and O–H groups in total. The van der Waals surface area contributed by atoms with E-state index in [4.69, 9.17) is 4.74 Å². The number of benzene rings is 1. The van der Waals surface area contributed by atoms with E-state index in [1.165, 1.54) is 11.3 Å². The maximum Gasteiger partial charge on any atom is 0.410 e. The van der Waals surface area contributed by atoms with Gasteiger partial charge in [0.1, 0.15) is 16.9 Å². The van der Waals surface area contributed by atoms with Gasteiger partial charge in [-0.1, -0.05) is 15.9 Å². The molecule has 3 heterocycles. The average molecular weight is 452 g/mol. The number of nitrogens with one attached hydrogen (secondary N) is 2. The van der Waals surface area contributed by atoms with E-state index < -0.39 is 6.17 Å². The van der Waals surface area contributed by atoms with Crippen LogP contribution in [0.4, 0.5) is 9.80 Å². The van der Waals surface area contributed by atoms with Crippen LogP contribution < -0.4 is 10.6 Å². The Balaban J connectivity index is 1.63. The predicted molar refractivity (Wildman–Crippen MR) is 105 cm³/mol. The molecule has 27 heavy (non-hydrogen) atoms. The summed E-state index contributed by atoms with van der Waals surface area (Å²) in [6.45, 7) is 3.10. The van der Waals surface area contributed by atoms with Crippen molar-refractivity contribution in [3.63, 3.8) is 0 Å². The highest BCUT2D eigenvalue weighted by Crippen LogP contribution is 2.41. The molecule has 2 aromatic rings. The number of phenols is 1. The summed E-state index contributed by atoms with van der Waals surface area (Å²) in [5.74, 6) is -0.0170. The average Bonchev–Trinajstić information content (AvgIpc) is 3.01. The first-order valence-electron chi connectivity index (χ1n) is 8.60. The van der Waals surface area contributed by atoms with Gasteiger partial charge in [-0.3, -0.25) is 4.79 Å². The molecule has 0 aliphatic carbocycles. The Kier molecular flexibility index (Phi) is 4.73. The number of fused-ring (bicyclic) bond motifs is 3. The Morgan fingerprint density at radius 3 is 3.04 bits per heavy atom. The Morgan fingerprint density at radius 2 is 2.26 bits per heavy atom. The fourth-order valence-electron chi connectivity index (χ4n) is 3.39. The van der Waals surface area contributed by atoms with Gasteiger partial charge in [0.2, 0.25) is 0 Å². The van der Waals surface area contributed by atoms with Gasteiger partial charge in [0, 0.05) is 21.5 Å². The van der Waals surface area contributed by atoms with Crippen LogP contribution in [0.15, 0.2) is 22.7 Å². The standard InChI is InChI=1S/C18H18BrN3O4S/c1-2-26-18(25)22-6-5-10-13(8-22)27-17-14(10)16(24)20-15(21-17)11-7-9(23)3-4-12(11)19/h3-4,7,15,21,23H,2,5-6,8H2,1H3,(H,20,24).